The van der Waals surface area contributed by atoms with Gasteiger partial charge in [-0.05, 0) is 35.7 Å². The molecule has 2 aromatic heterocycles. The standard InChI is InChI=1S/C25H24N4O/c1-19-26-14-15-29(19)24-16-20(12-13-27-24)18-28-25(30)17-23(21-8-4-2-5-9-21)22-10-6-3-7-11-22/h2-16,23H,17-18H2,1H3,(H,28,30). The molecule has 0 aliphatic rings. The molecule has 0 aliphatic carbocycles. The van der Waals surface area contributed by atoms with Crippen molar-refractivity contribution in [3.63, 3.8) is 0 Å². The van der Waals surface area contributed by atoms with Gasteiger partial charge < -0.3 is 5.32 Å². The monoisotopic (exact) mass is 396 g/mol. The van der Waals surface area contributed by atoms with Gasteiger partial charge in [0, 0.05) is 37.5 Å². The number of pyridine rings is 1. The van der Waals surface area contributed by atoms with Gasteiger partial charge in [-0.15, -0.1) is 0 Å². The summed E-state index contributed by atoms with van der Waals surface area (Å²) in [5, 5.41) is 3.06. The average molecular weight is 396 g/mol. The summed E-state index contributed by atoms with van der Waals surface area (Å²) in [6, 6.07) is 24.2. The number of nitrogens with zero attached hydrogens (tertiary/aromatic N) is 3. The smallest absolute Gasteiger partial charge is 0.221 e. The maximum atomic E-state index is 12.8. The lowest BCUT2D eigenvalue weighted by atomic mass is 9.88. The SMILES string of the molecule is Cc1nccn1-c1cc(CNC(=O)CC(c2ccccc2)c2ccccc2)ccn1. The fraction of sp³-hybridized carbons (Fsp3) is 0.160. The molecule has 0 spiro atoms. The topological polar surface area (TPSA) is 59.8 Å². The minimum Gasteiger partial charge on any atom is -0.352 e. The average Bonchev–Trinajstić information content (AvgIpc) is 3.23. The van der Waals surface area contributed by atoms with Crippen molar-refractivity contribution >= 4 is 5.91 Å². The first-order valence-corrected chi connectivity index (χ1v) is 10.0. The summed E-state index contributed by atoms with van der Waals surface area (Å²) in [5.41, 5.74) is 3.28. The van der Waals surface area contributed by atoms with Gasteiger partial charge in [0.05, 0.1) is 0 Å². The van der Waals surface area contributed by atoms with Gasteiger partial charge in [0.25, 0.3) is 0 Å². The molecule has 4 rings (SSSR count). The van der Waals surface area contributed by atoms with Crippen LogP contribution < -0.4 is 5.32 Å². The highest BCUT2D eigenvalue weighted by Gasteiger charge is 2.18. The highest BCUT2D eigenvalue weighted by Crippen LogP contribution is 2.27. The second-order valence-corrected chi connectivity index (χ2v) is 7.22. The van der Waals surface area contributed by atoms with Crippen molar-refractivity contribution in [2.45, 2.75) is 25.8 Å². The highest BCUT2D eigenvalue weighted by molar-refractivity contribution is 5.77. The van der Waals surface area contributed by atoms with Crippen LogP contribution >= 0.6 is 0 Å². The van der Waals surface area contributed by atoms with Crippen LogP contribution in [0.15, 0.2) is 91.4 Å². The Morgan fingerprint density at radius 2 is 1.60 bits per heavy atom. The van der Waals surface area contributed by atoms with E-state index in [0.29, 0.717) is 13.0 Å². The van der Waals surface area contributed by atoms with Crippen molar-refractivity contribution in [1.82, 2.24) is 19.9 Å². The molecule has 0 bridgehead atoms. The minimum absolute atomic E-state index is 0.0184. The van der Waals surface area contributed by atoms with Crippen LogP contribution in [0.4, 0.5) is 0 Å². The van der Waals surface area contributed by atoms with Gasteiger partial charge in [-0.25, -0.2) is 9.97 Å². The Labute approximate surface area is 176 Å². The van der Waals surface area contributed by atoms with Crippen LogP contribution in [0.25, 0.3) is 5.82 Å². The van der Waals surface area contributed by atoms with Crippen LogP contribution in [0.1, 0.15) is 34.9 Å². The molecule has 1 N–H and O–H groups in total. The Balaban J connectivity index is 1.45. The van der Waals surface area contributed by atoms with E-state index in [1.807, 2.05) is 66.2 Å². The number of carbonyl (C=O) groups is 1. The van der Waals surface area contributed by atoms with E-state index in [-0.39, 0.29) is 11.8 Å². The van der Waals surface area contributed by atoms with Gasteiger partial charge in [0.2, 0.25) is 5.91 Å². The lowest BCUT2D eigenvalue weighted by molar-refractivity contribution is -0.121. The molecule has 2 aromatic carbocycles. The Morgan fingerprint density at radius 3 is 2.20 bits per heavy atom. The number of carbonyl (C=O) groups excluding carboxylic acids is 1. The molecular weight excluding hydrogens is 372 g/mol. The summed E-state index contributed by atoms with van der Waals surface area (Å²) >= 11 is 0. The van der Waals surface area contributed by atoms with Gasteiger partial charge >= 0.3 is 0 Å². The lowest BCUT2D eigenvalue weighted by Crippen LogP contribution is -2.25. The van der Waals surface area contributed by atoms with Crippen LogP contribution in [-0.2, 0) is 11.3 Å². The fourth-order valence-corrected chi connectivity index (χ4v) is 3.58. The predicted octanol–water partition coefficient (Wildman–Crippen LogP) is 4.41. The Morgan fingerprint density at radius 1 is 0.933 bits per heavy atom. The van der Waals surface area contributed by atoms with Crippen LogP contribution in [0, 0.1) is 6.92 Å². The van der Waals surface area contributed by atoms with E-state index < -0.39 is 0 Å². The molecule has 30 heavy (non-hydrogen) atoms. The normalized spacial score (nSPS) is 10.9. The summed E-state index contributed by atoms with van der Waals surface area (Å²) < 4.78 is 1.92. The molecule has 0 atom stereocenters. The third-order valence-electron chi connectivity index (χ3n) is 5.17. The zero-order valence-corrected chi connectivity index (χ0v) is 16.9. The number of hydrogen-bond acceptors (Lipinski definition) is 3. The van der Waals surface area contributed by atoms with E-state index >= 15 is 0 Å². The predicted molar refractivity (Wildman–Crippen MR) is 117 cm³/mol. The zero-order chi connectivity index (χ0) is 20.8. The maximum absolute atomic E-state index is 12.8. The van der Waals surface area contributed by atoms with E-state index in [1.165, 1.54) is 0 Å². The van der Waals surface area contributed by atoms with E-state index in [4.69, 9.17) is 0 Å². The zero-order valence-electron chi connectivity index (χ0n) is 16.9. The number of nitrogens with one attached hydrogen (secondary N) is 1. The van der Waals surface area contributed by atoms with Crippen molar-refractivity contribution in [1.29, 1.82) is 0 Å². The van der Waals surface area contributed by atoms with E-state index in [9.17, 15) is 4.79 Å². The summed E-state index contributed by atoms with van der Waals surface area (Å²) in [6.45, 7) is 2.39. The molecular formula is C25H24N4O. The molecule has 2 heterocycles. The molecule has 0 aliphatic heterocycles. The molecule has 5 heteroatoms. The van der Waals surface area contributed by atoms with Crippen molar-refractivity contribution in [2.75, 3.05) is 0 Å². The maximum Gasteiger partial charge on any atom is 0.221 e. The molecule has 0 radical (unpaired) electrons. The van der Waals surface area contributed by atoms with Crippen molar-refractivity contribution in [3.05, 3.63) is 114 Å². The molecule has 0 saturated carbocycles. The molecule has 4 aromatic rings. The molecule has 0 saturated heterocycles. The summed E-state index contributed by atoms with van der Waals surface area (Å²) in [6.07, 6.45) is 5.78. The quantitative estimate of drug-likeness (QED) is 0.503. The first-order valence-electron chi connectivity index (χ1n) is 10.0. The fourth-order valence-electron chi connectivity index (χ4n) is 3.58. The Hall–Kier alpha value is -3.73. The number of aromatic nitrogens is 3. The Kier molecular flexibility index (Phi) is 5.99. The minimum atomic E-state index is 0.0184. The largest absolute Gasteiger partial charge is 0.352 e. The lowest BCUT2D eigenvalue weighted by Gasteiger charge is -2.18. The number of imidazole rings is 1. The molecule has 150 valence electrons. The Bertz CT molecular complexity index is 1070. The van der Waals surface area contributed by atoms with Crippen LogP contribution in [0.3, 0.4) is 0 Å². The molecule has 0 fully saturated rings. The van der Waals surface area contributed by atoms with E-state index in [0.717, 1.165) is 28.3 Å². The highest BCUT2D eigenvalue weighted by atomic mass is 16.1. The first kappa shape index (κ1) is 19.6. The molecule has 1 amide bonds. The number of rotatable bonds is 7. The number of aryl methyl sites for hydroxylation is 1. The van der Waals surface area contributed by atoms with Gasteiger partial charge in [-0.2, -0.15) is 0 Å². The second-order valence-electron chi connectivity index (χ2n) is 7.22. The molecule has 0 unspecified atom stereocenters. The second kappa shape index (κ2) is 9.18. The number of benzene rings is 2. The first-order chi connectivity index (χ1) is 14.7. The van der Waals surface area contributed by atoms with E-state index in [1.54, 1.807) is 12.4 Å². The molecule has 5 nitrogen and oxygen atoms in total. The van der Waals surface area contributed by atoms with E-state index in [2.05, 4.69) is 39.6 Å². The van der Waals surface area contributed by atoms with Gasteiger partial charge in [0.15, 0.2) is 0 Å². The third kappa shape index (κ3) is 4.63. The van der Waals surface area contributed by atoms with Crippen molar-refractivity contribution in [3.8, 4) is 5.82 Å². The van der Waals surface area contributed by atoms with Gasteiger partial charge in [-0.3, -0.25) is 9.36 Å². The van der Waals surface area contributed by atoms with Crippen LogP contribution in [-0.4, -0.2) is 20.4 Å². The third-order valence-corrected chi connectivity index (χ3v) is 5.17. The summed E-state index contributed by atoms with van der Waals surface area (Å²) in [4.78, 5) is 21.4. The van der Waals surface area contributed by atoms with Crippen molar-refractivity contribution in [2.24, 2.45) is 0 Å². The van der Waals surface area contributed by atoms with Crippen LogP contribution in [0.2, 0.25) is 0 Å². The van der Waals surface area contributed by atoms with Gasteiger partial charge in [0.1, 0.15) is 11.6 Å². The van der Waals surface area contributed by atoms with Gasteiger partial charge in [-0.1, -0.05) is 60.7 Å². The van der Waals surface area contributed by atoms with Crippen molar-refractivity contribution < 1.29 is 4.79 Å². The number of hydrogen-bond donors (Lipinski definition) is 1. The van der Waals surface area contributed by atoms with Crippen LogP contribution in [0.5, 0.6) is 0 Å². The summed E-state index contributed by atoms with van der Waals surface area (Å²) in [5.74, 6) is 1.71. The summed E-state index contributed by atoms with van der Waals surface area (Å²) in [7, 11) is 0. The number of amides is 1.